The van der Waals surface area contributed by atoms with E-state index in [2.05, 4.69) is 197 Å². The lowest BCUT2D eigenvalue weighted by Gasteiger charge is -2.45. The fourth-order valence-corrected chi connectivity index (χ4v) is 12.3. The van der Waals surface area contributed by atoms with Gasteiger partial charge in [-0.1, -0.05) is 189 Å². The van der Waals surface area contributed by atoms with Crippen LogP contribution in [0.15, 0.2) is 158 Å². The minimum absolute atomic E-state index is 0.0134. The van der Waals surface area contributed by atoms with E-state index in [1.807, 2.05) is 12.1 Å². The fourth-order valence-electron chi connectivity index (χ4n) is 12.3. The Bertz CT molecular complexity index is 3020. The van der Waals surface area contributed by atoms with Crippen LogP contribution >= 0.6 is 0 Å². The molecule has 0 atom stereocenters. The summed E-state index contributed by atoms with van der Waals surface area (Å²) in [4.78, 5) is 21.1. The van der Waals surface area contributed by atoms with Crippen molar-refractivity contribution in [2.45, 2.75) is 128 Å². The number of rotatable bonds is 7. The second kappa shape index (κ2) is 18.1. The molecule has 0 radical (unpaired) electrons. The number of aromatic nitrogens is 3. The van der Waals surface area contributed by atoms with Crippen molar-refractivity contribution < 1.29 is 0 Å². The Balaban J connectivity index is 1.17. The van der Waals surface area contributed by atoms with Gasteiger partial charge in [0.15, 0.2) is 17.5 Å². The number of hydrogen-bond donors (Lipinski definition) is 0. The molecule has 1 aromatic heterocycles. The highest BCUT2D eigenvalue weighted by atomic mass is 15.2. The summed E-state index contributed by atoms with van der Waals surface area (Å²) >= 11 is 0. The van der Waals surface area contributed by atoms with Gasteiger partial charge in [-0.15, -0.1) is 0 Å². The molecule has 0 bridgehead atoms. The highest BCUT2D eigenvalue weighted by Crippen LogP contribution is 2.48. The summed E-state index contributed by atoms with van der Waals surface area (Å²) in [6.45, 7) is 13.8. The maximum Gasteiger partial charge on any atom is 0.252 e. The van der Waals surface area contributed by atoms with Crippen molar-refractivity contribution in [3.63, 3.8) is 0 Å². The summed E-state index contributed by atoms with van der Waals surface area (Å²) in [7, 11) is 0. The van der Waals surface area contributed by atoms with Gasteiger partial charge in [-0.2, -0.15) is 0 Å². The van der Waals surface area contributed by atoms with Crippen molar-refractivity contribution in [1.82, 2.24) is 15.0 Å². The van der Waals surface area contributed by atoms with Crippen molar-refractivity contribution in [3.8, 4) is 34.2 Å². The average Bonchev–Trinajstić information content (AvgIpc) is 3.41. The van der Waals surface area contributed by atoms with Crippen LogP contribution in [0.1, 0.15) is 140 Å². The predicted molar refractivity (Wildman–Crippen MR) is 299 cm³/mol. The van der Waals surface area contributed by atoms with E-state index in [9.17, 15) is 0 Å². The zero-order valence-corrected chi connectivity index (χ0v) is 42.6. The predicted octanol–water partition coefficient (Wildman–Crippen LogP) is 15.6. The molecule has 2 saturated carbocycles. The maximum atomic E-state index is 5.39. The van der Waals surface area contributed by atoms with Crippen LogP contribution in [0.5, 0.6) is 0 Å². The van der Waals surface area contributed by atoms with Gasteiger partial charge >= 0.3 is 0 Å². The van der Waals surface area contributed by atoms with Gasteiger partial charge in [-0.3, -0.25) is 0 Å². The summed E-state index contributed by atoms with van der Waals surface area (Å²) in [6.07, 6.45) is 12.9. The van der Waals surface area contributed by atoms with Crippen LogP contribution in [0.4, 0.5) is 34.1 Å². The number of hydrogen-bond acceptors (Lipinski definition) is 5. The normalized spacial score (nSPS) is 16.1. The number of benzene rings is 7. The first-order valence-electron chi connectivity index (χ1n) is 26.6. The minimum Gasteiger partial charge on any atom is -0.311 e. The van der Waals surface area contributed by atoms with Crippen LogP contribution in [0, 0.1) is 0 Å². The first-order valence-corrected chi connectivity index (χ1v) is 26.6. The van der Waals surface area contributed by atoms with E-state index < -0.39 is 0 Å². The van der Waals surface area contributed by atoms with E-state index >= 15 is 0 Å². The van der Waals surface area contributed by atoms with E-state index in [1.54, 1.807) is 0 Å². The molecule has 8 aromatic rings. The number of nitrogens with zero attached hydrogens (tertiary/aromatic N) is 5. The lowest BCUT2D eigenvalue weighted by Crippen LogP contribution is -2.61. The first-order chi connectivity index (χ1) is 34.5. The Kier molecular flexibility index (Phi) is 11.6. The largest absolute Gasteiger partial charge is 0.311 e. The summed E-state index contributed by atoms with van der Waals surface area (Å²) in [5.74, 6) is 3.12. The zero-order chi connectivity index (χ0) is 48.4. The Hall–Kier alpha value is -6.79. The molecule has 0 N–H and O–H groups in total. The molecule has 6 heteroatoms. The molecule has 2 fully saturated rings. The Morgan fingerprint density at radius 1 is 0.394 bits per heavy atom. The molecule has 0 saturated heterocycles. The SMILES string of the molecule is CC(C)(C)c1ccc(N2c3ccc(C4CCCCC4)cc3B3c4cc(C5CCCCC5)ccc4N(c4ccc(C(C)(C)C)cc4)c4cc(-c5nc(-c6ccccc6)nc(-c6ccccc6)n5)cc2c43)cc1. The van der Waals surface area contributed by atoms with E-state index in [1.165, 1.54) is 114 Å². The summed E-state index contributed by atoms with van der Waals surface area (Å²) in [6, 6.07) is 59.4. The molecule has 5 nitrogen and oxygen atoms in total. The lowest BCUT2D eigenvalue weighted by atomic mass is 9.33. The number of anilines is 6. The molecule has 2 aliphatic heterocycles. The van der Waals surface area contributed by atoms with Gasteiger partial charge in [0.2, 0.25) is 0 Å². The van der Waals surface area contributed by atoms with Crippen LogP contribution < -0.4 is 26.2 Å². The van der Waals surface area contributed by atoms with Crippen molar-refractivity contribution in [2.24, 2.45) is 0 Å². The van der Waals surface area contributed by atoms with Crippen molar-refractivity contribution in [1.29, 1.82) is 0 Å². The minimum atomic E-state index is 0.0134. The third-order valence-corrected chi connectivity index (χ3v) is 16.2. The van der Waals surface area contributed by atoms with E-state index in [0.717, 1.165) is 39.4 Å². The first kappa shape index (κ1) is 45.4. The molecule has 0 amide bonds. The summed E-state index contributed by atoms with van der Waals surface area (Å²) < 4.78 is 0. The zero-order valence-electron chi connectivity index (χ0n) is 42.6. The van der Waals surface area contributed by atoms with Crippen LogP contribution in [0.3, 0.4) is 0 Å². The molecule has 0 unspecified atom stereocenters. The molecule has 0 spiro atoms. The molecule has 2 aliphatic carbocycles. The second-order valence-corrected chi connectivity index (χ2v) is 23.0. The van der Waals surface area contributed by atoms with Crippen molar-refractivity contribution >= 4 is 57.2 Å². The van der Waals surface area contributed by atoms with Crippen LogP contribution in [0.25, 0.3) is 34.2 Å². The molecule has 7 aromatic carbocycles. The van der Waals surface area contributed by atoms with Crippen LogP contribution in [-0.2, 0) is 10.8 Å². The molecular weight excluding hydrogens is 862 g/mol. The van der Waals surface area contributed by atoms with Crippen LogP contribution in [0.2, 0.25) is 0 Å². The van der Waals surface area contributed by atoms with E-state index in [0.29, 0.717) is 29.3 Å². The highest BCUT2D eigenvalue weighted by Gasteiger charge is 2.45. The van der Waals surface area contributed by atoms with Gasteiger partial charge in [-0.05, 0) is 136 Å². The molecule has 3 heterocycles. The van der Waals surface area contributed by atoms with Gasteiger partial charge in [0.1, 0.15) is 0 Å². The maximum absolute atomic E-state index is 5.39. The third-order valence-electron chi connectivity index (χ3n) is 16.2. The van der Waals surface area contributed by atoms with Gasteiger partial charge < -0.3 is 9.80 Å². The highest BCUT2D eigenvalue weighted by molar-refractivity contribution is 7.00. The average molecular weight is 928 g/mol. The van der Waals surface area contributed by atoms with Gasteiger partial charge in [0, 0.05) is 50.8 Å². The van der Waals surface area contributed by atoms with Gasteiger partial charge in [0.25, 0.3) is 6.71 Å². The number of fused-ring (bicyclic) bond motifs is 4. The van der Waals surface area contributed by atoms with Crippen molar-refractivity contribution in [3.05, 3.63) is 180 Å². The van der Waals surface area contributed by atoms with Gasteiger partial charge in [0.05, 0.1) is 0 Å². The quantitative estimate of drug-likeness (QED) is 0.149. The fraction of sp³-hybridized carbons (Fsp3) is 0.308. The lowest BCUT2D eigenvalue weighted by molar-refractivity contribution is 0.444. The van der Waals surface area contributed by atoms with Crippen LogP contribution in [-0.4, -0.2) is 21.7 Å². The standard InChI is InChI=1S/C65H66BN5/c1-64(2,3)50-29-33-52(34-30-50)70-56-37-27-47(43-19-11-7-12-20-43)39-54(56)66-55-40-48(44-21-13-8-14-22-44)28-38-57(55)71(53-35-31-51(32-36-53)65(4,5)6)59-42-49(41-58(70)60(59)66)63-68-61(45-23-15-9-16-24-45)67-62(69-63)46-25-17-10-18-26-46/h9-10,15-18,23-44H,7-8,11-14,19-22H2,1-6H3. The Morgan fingerprint density at radius 3 is 1.15 bits per heavy atom. The second-order valence-electron chi connectivity index (χ2n) is 23.0. The summed E-state index contributed by atoms with van der Waals surface area (Å²) in [5, 5.41) is 0. The van der Waals surface area contributed by atoms with Gasteiger partial charge in [-0.25, -0.2) is 15.0 Å². The smallest absolute Gasteiger partial charge is 0.252 e. The molecular formula is C65H66BN5. The van der Waals surface area contributed by atoms with E-state index in [4.69, 9.17) is 15.0 Å². The van der Waals surface area contributed by atoms with Crippen molar-refractivity contribution in [2.75, 3.05) is 9.80 Å². The third kappa shape index (κ3) is 8.47. The Labute approximate surface area is 422 Å². The Morgan fingerprint density at radius 2 is 0.775 bits per heavy atom. The molecule has 354 valence electrons. The topological polar surface area (TPSA) is 45.2 Å². The van der Waals surface area contributed by atoms with E-state index in [-0.39, 0.29) is 17.5 Å². The molecule has 71 heavy (non-hydrogen) atoms. The summed E-state index contributed by atoms with van der Waals surface area (Å²) in [5.41, 5.74) is 19.8. The molecule has 4 aliphatic rings. The monoisotopic (exact) mass is 928 g/mol. The molecule has 12 rings (SSSR count).